The lowest BCUT2D eigenvalue weighted by Crippen LogP contribution is -1.98. The van der Waals surface area contributed by atoms with Gasteiger partial charge < -0.3 is 0 Å². The number of nitro groups is 1. The second kappa shape index (κ2) is 7.24. The maximum Gasteiger partial charge on any atom is 0.269 e. The Balaban J connectivity index is 2.18. The molecule has 0 aliphatic carbocycles. The van der Waals surface area contributed by atoms with E-state index >= 15 is 0 Å². The number of nitro benzene ring substituents is 1. The van der Waals surface area contributed by atoms with Gasteiger partial charge in [0.25, 0.3) is 5.69 Å². The molecule has 0 bridgehead atoms. The number of aromatic nitrogens is 1. The third-order valence-corrected chi connectivity index (χ3v) is 3.75. The Hall–Kier alpha value is -2.40. The molecule has 1 heterocycles. The van der Waals surface area contributed by atoms with Gasteiger partial charge in [0, 0.05) is 12.1 Å². The molecule has 0 radical (unpaired) electrons. The molecule has 0 amide bonds. The van der Waals surface area contributed by atoms with Crippen LogP contribution in [0, 0.1) is 21.4 Å². The SMILES string of the molecule is N#Cc1c(Cl)nc(N/N=C\c2ccc([N+](=O)[O-])cc2)c(Cl)c1Cl. The fraction of sp³-hybridized carbons (Fsp3) is 0. The Labute approximate surface area is 145 Å². The molecule has 0 aliphatic heterocycles. The van der Waals surface area contributed by atoms with Crippen molar-refractivity contribution in [1.29, 1.82) is 5.26 Å². The molecule has 2 aromatic rings. The van der Waals surface area contributed by atoms with Gasteiger partial charge in [-0.05, 0) is 17.7 Å². The largest absolute Gasteiger partial charge is 0.269 e. The van der Waals surface area contributed by atoms with Gasteiger partial charge in [0.05, 0.1) is 16.2 Å². The van der Waals surface area contributed by atoms with Crippen molar-refractivity contribution in [1.82, 2.24) is 4.98 Å². The summed E-state index contributed by atoms with van der Waals surface area (Å²) in [6.07, 6.45) is 1.40. The first-order valence-electron chi connectivity index (χ1n) is 5.92. The molecule has 1 aromatic heterocycles. The zero-order valence-corrected chi connectivity index (χ0v) is 13.4. The topological polar surface area (TPSA) is 104 Å². The lowest BCUT2D eigenvalue weighted by atomic mass is 10.2. The summed E-state index contributed by atoms with van der Waals surface area (Å²) < 4.78 is 0. The van der Waals surface area contributed by atoms with Crippen LogP contribution in [-0.2, 0) is 0 Å². The molecule has 0 unspecified atom stereocenters. The smallest absolute Gasteiger partial charge is 0.260 e. The van der Waals surface area contributed by atoms with Crippen molar-refractivity contribution >= 4 is 52.5 Å². The molecular formula is C13H6Cl3N5O2. The van der Waals surface area contributed by atoms with Crippen LogP contribution in [0.15, 0.2) is 29.4 Å². The predicted octanol–water partition coefficient (Wildman–Crippen LogP) is 4.27. The molecule has 116 valence electrons. The zero-order valence-electron chi connectivity index (χ0n) is 11.1. The van der Waals surface area contributed by atoms with Gasteiger partial charge in [0.15, 0.2) is 11.0 Å². The number of hydrogen-bond acceptors (Lipinski definition) is 6. The van der Waals surface area contributed by atoms with Gasteiger partial charge in [0.1, 0.15) is 16.7 Å². The molecule has 0 saturated carbocycles. The standard InChI is InChI=1S/C13H6Cl3N5O2/c14-10-9(5-17)12(16)19-13(11(10)15)20-18-6-7-1-3-8(4-2-7)21(22)23/h1-4,6H,(H,19,20)/b18-6-. The summed E-state index contributed by atoms with van der Waals surface area (Å²) in [7, 11) is 0. The number of rotatable bonds is 4. The fourth-order valence-corrected chi connectivity index (χ4v) is 2.20. The van der Waals surface area contributed by atoms with Crippen LogP contribution in [0.2, 0.25) is 15.2 Å². The van der Waals surface area contributed by atoms with E-state index < -0.39 is 4.92 Å². The van der Waals surface area contributed by atoms with Crippen molar-refractivity contribution in [3.05, 3.63) is 60.7 Å². The summed E-state index contributed by atoms with van der Waals surface area (Å²) in [5, 5.41) is 23.2. The fourth-order valence-electron chi connectivity index (χ4n) is 1.53. The van der Waals surface area contributed by atoms with Crippen molar-refractivity contribution in [2.24, 2.45) is 5.10 Å². The average Bonchev–Trinajstić information content (AvgIpc) is 2.53. The van der Waals surface area contributed by atoms with Crippen LogP contribution in [0.4, 0.5) is 11.5 Å². The number of anilines is 1. The van der Waals surface area contributed by atoms with Crippen molar-refractivity contribution < 1.29 is 4.92 Å². The van der Waals surface area contributed by atoms with Gasteiger partial charge in [-0.2, -0.15) is 10.4 Å². The van der Waals surface area contributed by atoms with Crippen LogP contribution in [0.3, 0.4) is 0 Å². The van der Waals surface area contributed by atoms with Crippen LogP contribution < -0.4 is 5.43 Å². The molecule has 0 atom stereocenters. The van der Waals surface area contributed by atoms with Gasteiger partial charge >= 0.3 is 0 Å². The molecule has 10 heteroatoms. The van der Waals surface area contributed by atoms with Gasteiger partial charge in [-0.25, -0.2) is 4.98 Å². The van der Waals surface area contributed by atoms with Crippen LogP contribution in [0.25, 0.3) is 0 Å². The number of nitrogens with one attached hydrogen (secondary N) is 1. The highest BCUT2D eigenvalue weighted by molar-refractivity contribution is 6.45. The Morgan fingerprint density at radius 1 is 1.26 bits per heavy atom. The van der Waals surface area contributed by atoms with E-state index in [4.69, 9.17) is 40.1 Å². The van der Waals surface area contributed by atoms with Gasteiger partial charge in [0.2, 0.25) is 0 Å². The predicted molar refractivity (Wildman–Crippen MR) is 88.3 cm³/mol. The first-order chi connectivity index (χ1) is 10.9. The number of non-ortho nitro benzene ring substituents is 1. The molecule has 7 nitrogen and oxygen atoms in total. The van der Waals surface area contributed by atoms with E-state index in [1.54, 1.807) is 6.07 Å². The average molecular weight is 371 g/mol. The minimum atomic E-state index is -0.496. The van der Waals surface area contributed by atoms with Crippen molar-refractivity contribution in [2.45, 2.75) is 0 Å². The van der Waals surface area contributed by atoms with Gasteiger partial charge in [-0.15, -0.1) is 0 Å². The second-order valence-corrected chi connectivity index (χ2v) is 5.20. The first kappa shape index (κ1) is 17.0. The van der Waals surface area contributed by atoms with E-state index in [1.165, 1.54) is 30.5 Å². The summed E-state index contributed by atoms with van der Waals surface area (Å²) >= 11 is 17.7. The number of benzene rings is 1. The van der Waals surface area contributed by atoms with E-state index in [0.717, 1.165) is 0 Å². The lowest BCUT2D eigenvalue weighted by molar-refractivity contribution is -0.384. The van der Waals surface area contributed by atoms with Crippen molar-refractivity contribution in [3.63, 3.8) is 0 Å². The summed E-state index contributed by atoms with van der Waals surface area (Å²) in [5.41, 5.74) is 3.11. The lowest BCUT2D eigenvalue weighted by Gasteiger charge is -2.06. The Morgan fingerprint density at radius 2 is 1.91 bits per heavy atom. The Kier molecular flexibility index (Phi) is 5.34. The van der Waals surface area contributed by atoms with Gasteiger partial charge in [-0.3, -0.25) is 15.5 Å². The number of halogens is 3. The monoisotopic (exact) mass is 369 g/mol. The highest BCUT2D eigenvalue weighted by Gasteiger charge is 2.15. The summed E-state index contributed by atoms with van der Waals surface area (Å²) in [4.78, 5) is 13.9. The molecular weight excluding hydrogens is 365 g/mol. The molecule has 1 aromatic carbocycles. The molecule has 2 rings (SSSR count). The number of hydrogen-bond donors (Lipinski definition) is 1. The maximum absolute atomic E-state index is 10.6. The van der Waals surface area contributed by atoms with E-state index in [-0.39, 0.29) is 32.3 Å². The highest BCUT2D eigenvalue weighted by Crippen LogP contribution is 2.34. The first-order valence-corrected chi connectivity index (χ1v) is 7.05. The Morgan fingerprint density at radius 3 is 2.48 bits per heavy atom. The van der Waals surface area contributed by atoms with Crippen LogP contribution in [0.5, 0.6) is 0 Å². The highest BCUT2D eigenvalue weighted by atomic mass is 35.5. The molecule has 1 N–H and O–H groups in total. The number of nitrogens with zero attached hydrogens (tertiary/aromatic N) is 4. The second-order valence-electron chi connectivity index (χ2n) is 4.08. The zero-order chi connectivity index (χ0) is 17.0. The third-order valence-electron chi connectivity index (χ3n) is 2.64. The van der Waals surface area contributed by atoms with Crippen LogP contribution >= 0.6 is 34.8 Å². The molecule has 0 saturated heterocycles. The minimum absolute atomic E-state index is 0.00784. The van der Waals surface area contributed by atoms with E-state index in [1.807, 2.05) is 0 Å². The number of hydrazone groups is 1. The number of nitriles is 1. The van der Waals surface area contributed by atoms with Crippen LogP contribution in [-0.4, -0.2) is 16.1 Å². The minimum Gasteiger partial charge on any atom is -0.260 e. The molecule has 0 spiro atoms. The number of pyridine rings is 1. The van der Waals surface area contributed by atoms with Crippen LogP contribution in [0.1, 0.15) is 11.1 Å². The van der Waals surface area contributed by atoms with Crippen molar-refractivity contribution in [3.8, 4) is 6.07 Å². The van der Waals surface area contributed by atoms with Gasteiger partial charge in [-0.1, -0.05) is 34.8 Å². The summed E-state index contributed by atoms with van der Waals surface area (Å²) in [5.74, 6) is 0.0822. The molecule has 23 heavy (non-hydrogen) atoms. The quantitative estimate of drug-likeness (QED) is 0.374. The third kappa shape index (κ3) is 3.87. The summed E-state index contributed by atoms with van der Waals surface area (Å²) in [6.45, 7) is 0. The molecule has 0 fully saturated rings. The Bertz CT molecular complexity index is 831. The van der Waals surface area contributed by atoms with E-state index in [0.29, 0.717) is 5.56 Å². The van der Waals surface area contributed by atoms with E-state index in [2.05, 4.69) is 15.5 Å². The van der Waals surface area contributed by atoms with Crippen molar-refractivity contribution in [2.75, 3.05) is 5.43 Å². The van der Waals surface area contributed by atoms with E-state index in [9.17, 15) is 10.1 Å². The normalized spacial score (nSPS) is 10.5. The molecule has 0 aliphatic rings. The maximum atomic E-state index is 10.6. The summed E-state index contributed by atoms with van der Waals surface area (Å²) in [6, 6.07) is 7.54.